The Kier molecular flexibility index (Phi) is 6.14. The van der Waals surface area contributed by atoms with Gasteiger partial charge in [-0.05, 0) is 47.5 Å². The Balaban J connectivity index is 1.49. The molecule has 0 saturated heterocycles. The van der Waals surface area contributed by atoms with Crippen LogP contribution in [0.1, 0.15) is 24.0 Å². The smallest absolute Gasteiger partial charge is 0.250 e. The number of aromatic nitrogens is 4. The zero-order valence-electron chi connectivity index (χ0n) is 18.6. The average molecular weight is 506 g/mol. The molecule has 1 N–H and O–H groups in total. The number of hydrogen-bond acceptors (Lipinski definition) is 6. The molecule has 1 aliphatic rings. The van der Waals surface area contributed by atoms with Crippen LogP contribution >= 0.6 is 11.6 Å². The summed E-state index contributed by atoms with van der Waals surface area (Å²) < 4.78 is 29.7. The first kappa shape index (κ1) is 22.9. The molecule has 0 spiro atoms. The lowest BCUT2D eigenvalue weighted by molar-refractivity contribution is 0.472. The molecule has 11 heteroatoms. The Morgan fingerprint density at radius 3 is 2.34 bits per heavy atom. The molecular weight excluding hydrogens is 486 g/mol. The first-order chi connectivity index (χ1) is 16.9. The average Bonchev–Trinajstić information content (AvgIpc) is 3.56. The molecule has 0 aliphatic carbocycles. The van der Waals surface area contributed by atoms with Crippen molar-refractivity contribution in [2.45, 2.75) is 17.7 Å². The molecule has 1 aliphatic heterocycles. The van der Waals surface area contributed by atoms with Crippen LogP contribution in [-0.2, 0) is 10.0 Å². The monoisotopic (exact) mass is 505 g/mol. The van der Waals surface area contributed by atoms with Crippen LogP contribution < -0.4 is 0 Å². The van der Waals surface area contributed by atoms with Gasteiger partial charge in [0.2, 0.25) is 5.82 Å². The molecule has 0 saturated carbocycles. The first-order valence-electron chi connectivity index (χ1n) is 10.7. The quantitative estimate of drug-likeness (QED) is 0.322. The van der Waals surface area contributed by atoms with Gasteiger partial charge in [-0.25, -0.2) is 5.01 Å². The van der Waals surface area contributed by atoms with E-state index in [1.165, 1.54) is 24.3 Å². The Labute approximate surface area is 207 Å². The van der Waals surface area contributed by atoms with Crippen LogP contribution in [0.4, 0.5) is 0 Å². The fourth-order valence-electron chi connectivity index (χ4n) is 3.87. The molecule has 0 bridgehead atoms. The summed E-state index contributed by atoms with van der Waals surface area (Å²) in [5.41, 5.74) is 3.61. The van der Waals surface area contributed by atoms with E-state index in [1.807, 2.05) is 54.6 Å². The van der Waals surface area contributed by atoms with E-state index in [0.29, 0.717) is 17.4 Å². The van der Waals surface area contributed by atoms with Gasteiger partial charge in [0.15, 0.2) is 0 Å². The van der Waals surface area contributed by atoms with Crippen molar-refractivity contribution in [2.75, 3.05) is 6.54 Å². The zero-order valence-corrected chi connectivity index (χ0v) is 20.1. The molecule has 9 nitrogen and oxygen atoms in total. The Morgan fingerprint density at radius 1 is 1.00 bits per heavy atom. The Bertz CT molecular complexity index is 1490. The van der Waals surface area contributed by atoms with Crippen LogP contribution in [0.15, 0.2) is 93.3 Å². The molecule has 1 atom stereocenters. The maximum absolute atomic E-state index is 12.8. The summed E-state index contributed by atoms with van der Waals surface area (Å²) in [7, 11) is -3.91. The standard InChI is InChI=1S/C24H20ClN7O2S/c1-16(29-35(33,34)21-13-11-20(25)12-14-21)32-15-22(17-5-3-2-4-6-17)23(28-32)18-7-9-19(10-8-18)24-26-30-31-27-24/h2-14,22H,15H2,1H3,(H,26,27,30,31). The third-order valence-corrected chi connectivity index (χ3v) is 7.26. The predicted octanol–water partition coefficient (Wildman–Crippen LogP) is 4.13. The van der Waals surface area contributed by atoms with Crippen molar-refractivity contribution in [2.24, 2.45) is 9.50 Å². The molecule has 3 aromatic carbocycles. The fourth-order valence-corrected chi connectivity index (χ4v) is 5.02. The SMILES string of the molecule is CC(=NS(=O)(=O)c1ccc(Cl)cc1)N1CC(c2ccccc2)C(c2ccc(-c3nn[nH]n3)cc2)=N1. The van der Waals surface area contributed by atoms with E-state index in [4.69, 9.17) is 16.7 Å². The third-order valence-electron chi connectivity index (χ3n) is 5.64. The summed E-state index contributed by atoms with van der Waals surface area (Å²) in [6.45, 7) is 2.10. The van der Waals surface area contributed by atoms with Crippen molar-refractivity contribution in [3.63, 3.8) is 0 Å². The molecule has 35 heavy (non-hydrogen) atoms. The summed E-state index contributed by atoms with van der Waals surface area (Å²) in [5, 5.41) is 20.9. The number of nitrogens with one attached hydrogen (secondary N) is 1. The zero-order chi connectivity index (χ0) is 24.4. The van der Waals surface area contributed by atoms with Crippen molar-refractivity contribution in [3.8, 4) is 11.4 Å². The third kappa shape index (κ3) is 4.84. The van der Waals surface area contributed by atoms with E-state index in [0.717, 1.165) is 22.4 Å². The number of aromatic amines is 1. The highest BCUT2D eigenvalue weighted by atomic mass is 35.5. The Morgan fingerprint density at radius 2 is 1.69 bits per heavy atom. The van der Waals surface area contributed by atoms with Gasteiger partial charge in [-0.15, -0.1) is 14.6 Å². The van der Waals surface area contributed by atoms with Gasteiger partial charge in [-0.3, -0.25) is 0 Å². The van der Waals surface area contributed by atoms with Gasteiger partial charge >= 0.3 is 0 Å². The van der Waals surface area contributed by atoms with Crippen molar-refractivity contribution in [1.82, 2.24) is 25.6 Å². The lowest BCUT2D eigenvalue weighted by Crippen LogP contribution is -2.24. The normalized spacial score (nSPS) is 16.4. The molecular formula is C24H20ClN7O2S. The second-order valence-electron chi connectivity index (χ2n) is 7.91. The lowest BCUT2D eigenvalue weighted by Gasteiger charge is -2.16. The van der Waals surface area contributed by atoms with Gasteiger partial charge in [0.25, 0.3) is 10.0 Å². The van der Waals surface area contributed by atoms with E-state index in [9.17, 15) is 8.42 Å². The molecule has 176 valence electrons. The van der Waals surface area contributed by atoms with Crippen LogP contribution in [0.5, 0.6) is 0 Å². The number of sulfonamides is 1. The highest BCUT2D eigenvalue weighted by Gasteiger charge is 2.31. The number of nitrogens with zero attached hydrogens (tertiary/aromatic N) is 6. The van der Waals surface area contributed by atoms with Gasteiger partial charge in [0.1, 0.15) is 5.84 Å². The van der Waals surface area contributed by atoms with Crippen LogP contribution in [0.3, 0.4) is 0 Å². The van der Waals surface area contributed by atoms with Crippen LogP contribution in [-0.4, -0.2) is 52.1 Å². The summed E-state index contributed by atoms with van der Waals surface area (Å²) in [4.78, 5) is 0.0707. The van der Waals surface area contributed by atoms with E-state index in [2.05, 4.69) is 25.0 Å². The summed E-state index contributed by atoms with van der Waals surface area (Å²) in [6.07, 6.45) is 0. The highest BCUT2D eigenvalue weighted by Crippen LogP contribution is 2.30. The van der Waals surface area contributed by atoms with E-state index >= 15 is 0 Å². The molecule has 0 fully saturated rings. The second kappa shape index (κ2) is 9.40. The molecule has 1 aromatic heterocycles. The fraction of sp³-hybridized carbons (Fsp3) is 0.125. The van der Waals surface area contributed by atoms with E-state index in [1.54, 1.807) is 11.9 Å². The molecule has 5 rings (SSSR count). The molecule has 1 unspecified atom stereocenters. The summed E-state index contributed by atoms with van der Waals surface area (Å²) in [5.74, 6) is 0.705. The number of H-pyrrole nitrogens is 1. The lowest BCUT2D eigenvalue weighted by atomic mass is 9.90. The molecule has 0 radical (unpaired) electrons. The minimum atomic E-state index is -3.91. The van der Waals surface area contributed by atoms with Crippen molar-refractivity contribution >= 4 is 33.2 Å². The van der Waals surface area contributed by atoms with Gasteiger partial charge in [-0.2, -0.15) is 18.7 Å². The second-order valence-corrected chi connectivity index (χ2v) is 9.95. The van der Waals surface area contributed by atoms with Crippen molar-refractivity contribution in [3.05, 3.63) is 95.0 Å². The number of hydrogen-bond donors (Lipinski definition) is 1. The number of amidine groups is 1. The number of halogens is 1. The van der Waals surface area contributed by atoms with Gasteiger partial charge < -0.3 is 0 Å². The van der Waals surface area contributed by atoms with Crippen LogP contribution in [0, 0.1) is 0 Å². The van der Waals surface area contributed by atoms with E-state index < -0.39 is 10.0 Å². The van der Waals surface area contributed by atoms with Crippen LogP contribution in [0.2, 0.25) is 5.02 Å². The first-order valence-corrected chi connectivity index (χ1v) is 12.5. The number of rotatable bonds is 5. The summed E-state index contributed by atoms with van der Waals surface area (Å²) >= 11 is 5.89. The number of tetrazole rings is 1. The van der Waals surface area contributed by atoms with Crippen molar-refractivity contribution in [1.29, 1.82) is 0 Å². The van der Waals surface area contributed by atoms with Gasteiger partial charge in [0, 0.05) is 16.5 Å². The molecule has 4 aromatic rings. The van der Waals surface area contributed by atoms with E-state index in [-0.39, 0.29) is 16.6 Å². The molecule has 2 heterocycles. The maximum atomic E-state index is 12.8. The topological polar surface area (TPSA) is 117 Å². The maximum Gasteiger partial charge on any atom is 0.283 e. The minimum Gasteiger partial charge on any atom is -0.250 e. The summed E-state index contributed by atoms with van der Waals surface area (Å²) in [6, 6.07) is 23.6. The number of benzene rings is 3. The van der Waals surface area contributed by atoms with Gasteiger partial charge in [0.05, 0.1) is 17.2 Å². The van der Waals surface area contributed by atoms with Crippen molar-refractivity contribution < 1.29 is 8.42 Å². The molecule has 0 amide bonds. The number of hydrazone groups is 1. The minimum absolute atomic E-state index is 0.0707. The van der Waals surface area contributed by atoms with Gasteiger partial charge in [-0.1, -0.05) is 66.2 Å². The largest absolute Gasteiger partial charge is 0.283 e. The predicted molar refractivity (Wildman–Crippen MR) is 134 cm³/mol. The highest BCUT2D eigenvalue weighted by molar-refractivity contribution is 7.90. The Hall–Kier alpha value is -3.89. The van der Waals surface area contributed by atoms with Crippen LogP contribution in [0.25, 0.3) is 11.4 Å².